The molecular formula is C23H44N6O2P2. The Morgan fingerprint density at radius 3 is 1.18 bits per heavy atom. The summed E-state index contributed by atoms with van der Waals surface area (Å²) >= 11 is 0. The summed E-state index contributed by atoms with van der Waals surface area (Å²) in [6.07, 6.45) is 12.9. The maximum atomic E-state index is 14.3. The molecular weight excluding hydrogens is 454 g/mol. The Morgan fingerprint density at radius 2 is 0.879 bits per heavy atom. The van der Waals surface area contributed by atoms with Crippen molar-refractivity contribution in [3.63, 3.8) is 0 Å². The maximum absolute atomic E-state index is 14.3. The quantitative estimate of drug-likeness (QED) is 0.366. The molecule has 6 aliphatic rings. The van der Waals surface area contributed by atoms with E-state index in [-0.39, 0.29) is 0 Å². The lowest BCUT2D eigenvalue weighted by molar-refractivity contribution is 0.341. The fourth-order valence-electron chi connectivity index (χ4n) is 8.17. The van der Waals surface area contributed by atoms with Crippen molar-refractivity contribution in [1.29, 1.82) is 0 Å². The molecule has 6 fully saturated rings. The average Bonchev–Trinajstić information content (AvgIpc) is 3.62. The second-order valence-corrected chi connectivity index (χ2v) is 16.8. The zero-order valence-electron chi connectivity index (χ0n) is 20.7. The molecule has 0 aliphatic carbocycles. The minimum Gasteiger partial charge on any atom is -0.270 e. The zero-order valence-corrected chi connectivity index (χ0v) is 22.5. The van der Waals surface area contributed by atoms with E-state index >= 15 is 0 Å². The van der Waals surface area contributed by atoms with Crippen molar-refractivity contribution in [1.82, 2.24) is 28.0 Å². The van der Waals surface area contributed by atoms with E-state index in [0.29, 0.717) is 24.2 Å². The van der Waals surface area contributed by atoms with Gasteiger partial charge in [0, 0.05) is 63.4 Å². The van der Waals surface area contributed by atoms with Crippen LogP contribution in [0.15, 0.2) is 0 Å². The van der Waals surface area contributed by atoms with Crippen LogP contribution in [0.4, 0.5) is 0 Å². The molecule has 8 nitrogen and oxygen atoms in total. The summed E-state index contributed by atoms with van der Waals surface area (Å²) in [4.78, 5) is 0. The Morgan fingerprint density at radius 1 is 0.576 bits per heavy atom. The molecule has 0 saturated carbocycles. The first kappa shape index (κ1) is 23.6. The summed E-state index contributed by atoms with van der Waals surface area (Å²) in [5.41, 5.74) is 0. The van der Waals surface area contributed by atoms with Gasteiger partial charge in [-0.1, -0.05) is 6.42 Å². The van der Waals surface area contributed by atoms with Gasteiger partial charge < -0.3 is 0 Å². The van der Waals surface area contributed by atoms with Gasteiger partial charge in [-0.3, -0.25) is 9.13 Å². The Labute approximate surface area is 200 Å². The Bertz CT molecular complexity index is 730. The van der Waals surface area contributed by atoms with E-state index in [1.807, 2.05) is 0 Å². The number of fused-ring (bicyclic) bond motifs is 6. The second-order valence-electron chi connectivity index (χ2n) is 11.3. The molecule has 0 spiro atoms. The van der Waals surface area contributed by atoms with E-state index < -0.39 is 15.2 Å². The van der Waals surface area contributed by atoms with Gasteiger partial charge in [0.05, 0.1) is 0 Å². The highest BCUT2D eigenvalue weighted by Crippen LogP contribution is 2.68. The van der Waals surface area contributed by atoms with E-state index in [9.17, 15) is 9.13 Å². The second kappa shape index (κ2) is 8.95. The molecule has 0 unspecified atom stereocenters. The fourth-order valence-corrected chi connectivity index (χ4v) is 15.4. The van der Waals surface area contributed by atoms with Crippen LogP contribution in [0.25, 0.3) is 0 Å². The Balaban J connectivity index is 1.02. The molecule has 188 valence electrons. The molecule has 0 aromatic carbocycles. The minimum atomic E-state index is -2.56. The Hall–Kier alpha value is 0.220. The number of hydrogen-bond donors (Lipinski definition) is 0. The highest BCUT2D eigenvalue weighted by Gasteiger charge is 2.60. The van der Waals surface area contributed by atoms with Gasteiger partial charge in [-0.2, -0.15) is 0 Å². The van der Waals surface area contributed by atoms with Gasteiger partial charge in [-0.25, -0.2) is 28.0 Å². The molecule has 10 heteroatoms. The fraction of sp³-hybridized carbons (Fsp3) is 1.00. The van der Waals surface area contributed by atoms with Crippen LogP contribution in [0, 0.1) is 0 Å². The molecule has 0 amide bonds. The van der Waals surface area contributed by atoms with Crippen molar-refractivity contribution >= 4 is 15.2 Å². The summed E-state index contributed by atoms with van der Waals surface area (Å²) in [7, 11) is -0.919. The van der Waals surface area contributed by atoms with Gasteiger partial charge in [0.25, 0.3) is 15.2 Å². The third kappa shape index (κ3) is 3.46. The molecule has 0 aromatic rings. The molecule has 6 aliphatic heterocycles. The van der Waals surface area contributed by atoms with Crippen LogP contribution >= 0.6 is 15.2 Å². The number of unbranched alkanes of at least 4 members (excludes halogenated alkanes) is 2. The molecule has 33 heavy (non-hydrogen) atoms. The average molecular weight is 499 g/mol. The molecule has 4 atom stereocenters. The smallest absolute Gasteiger partial charge is 0.270 e. The number of rotatable bonds is 8. The lowest BCUT2D eigenvalue weighted by atomic mass is 10.1. The largest absolute Gasteiger partial charge is 0.287 e. The molecule has 6 heterocycles. The van der Waals surface area contributed by atoms with Gasteiger partial charge in [0.1, 0.15) is 0 Å². The van der Waals surface area contributed by atoms with Crippen molar-refractivity contribution in [2.24, 2.45) is 0 Å². The van der Waals surface area contributed by atoms with Crippen LogP contribution in [0.5, 0.6) is 0 Å². The third-order valence-corrected chi connectivity index (χ3v) is 16.5. The SMILES string of the molecule is CN(CCCCCN(C)P1(=O)N2CCC[C@@H]2[C@H]2CCCN21)P1(=O)N2CCC[C@@H]2[C@H]2CCCN21. The van der Waals surface area contributed by atoms with Crippen molar-refractivity contribution in [3.8, 4) is 0 Å². The van der Waals surface area contributed by atoms with Crippen molar-refractivity contribution in [2.45, 2.75) is 94.8 Å². The molecule has 6 rings (SSSR count). The molecule has 0 bridgehead atoms. The van der Waals surface area contributed by atoms with Crippen LogP contribution < -0.4 is 0 Å². The summed E-state index contributed by atoms with van der Waals surface area (Å²) in [6, 6.07) is 2.12. The monoisotopic (exact) mass is 498 g/mol. The summed E-state index contributed by atoms with van der Waals surface area (Å²) < 4.78 is 42.5. The zero-order chi connectivity index (χ0) is 22.8. The van der Waals surface area contributed by atoms with E-state index in [0.717, 1.165) is 58.5 Å². The molecule has 0 N–H and O–H groups in total. The van der Waals surface area contributed by atoms with Gasteiger partial charge >= 0.3 is 0 Å². The van der Waals surface area contributed by atoms with Gasteiger partial charge in [0.2, 0.25) is 0 Å². The van der Waals surface area contributed by atoms with Gasteiger partial charge in [-0.15, -0.1) is 0 Å². The van der Waals surface area contributed by atoms with Crippen LogP contribution in [-0.4, -0.2) is 106 Å². The van der Waals surface area contributed by atoms with Crippen LogP contribution in [0.2, 0.25) is 0 Å². The van der Waals surface area contributed by atoms with E-state index in [1.165, 1.54) is 51.4 Å². The lowest BCUT2D eigenvalue weighted by Crippen LogP contribution is -2.32. The maximum Gasteiger partial charge on any atom is 0.287 e. The van der Waals surface area contributed by atoms with Gasteiger partial charge in [-0.05, 0) is 78.3 Å². The summed E-state index contributed by atoms with van der Waals surface area (Å²) in [6.45, 7) is 5.83. The lowest BCUT2D eigenvalue weighted by Gasteiger charge is -2.36. The van der Waals surface area contributed by atoms with Crippen LogP contribution in [0.3, 0.4) is 0 Å². The highest BCUT2D eigenvalue weighted by molar-refractivity contribution is 7.57. The van der Waals surface area contributed by atoms with Crippen LogP contribution in [0.1, 0.15) is 70.6 Å². The summed E-state index contributed by atoms with van der Waals surface area (Å²) in [5, 5.41) is 0. The minimum absolute atomic E-state index is 0.530. The predicted octanol–water partition coefficient (Wildman–Crippen LogP) is 4.12. The first-order chi connectivity index (χ1) is 16.0. The number of nitrogens with zero attached hydrogens (tertiary/aromatic N) is 6. The van der Waals surface area contributed by atoms with Crippen molar-refractivity contribution in [2.75, 3.05) is 53.4 Å². The predicted molar refractivity (Wildman–Crippen MR) is 133 cm³/mol. The highest BCUT2D eigenvalue weighted by atomic mass is 31.2. The van der Waals surface area contributed by atoms with E-state index in [2.05, 4.69) is 42.1 Å². The van der Waals surface area contributed by atoms with E-state index in [1.54, 1.807) is 0 Å². The molecule has 6 saturated heterocycles. The van der Waals surface area contributed by atoms with Gasteiger partial charge in [0.15, 0.2) is 0 Å². The number of hydrogen-bond acceptors (Lipinski definition) is 2. The first-order valence-electron chi connectivity index (χ1n) is 13.7. The van der Waals surface area contributed by atoms with Crippen LogP contribution in [-0.2, 0) is 9.13 Å². The molecule has 0 radical (unpaired) electrons. The molecule has 0 aromatic heterocycles. The normalized spacial score (nSPS) is 37.9. The summed E-state index contributed by atoms with van der Waals surface area (Å²) in [5.74, 6) is 0. The van der Waals surface area contributed by atoms with Crippen molar-refractivity contribution in [3.05, 3.63) is 0 Å². The topological polar surface area (TPSA) is 53.6 Å². The first-order valence-corrected chi connectivity index (χ1v) is 16.8. The Kier molecular flexibility index (Phi) is 6.41. The third-order valence-electron chi connectivity index (χ3n) is 9.66. The van der Waals surface area contributed by atoms with Crippen molar-refractivity contribution < 1.29 is 9.13 Å². The van der Waals surface area contributed by atoms with E-state index in [4.69, 9.17) is 0 Å². The standard InChI is InChI=1S/C23H44N6O2P2/c1-24(32(30)26-16-6-10-20(26)21-11-7-17-27(21)32)14-4-3-5-15-25(2)33(31)28-18-8-12-22(28)23-13-9-19-29(23)33/h20-23H,3-19H2,1-2H3/t20-,21-,22-,23-/m1/s1.